The first-order valence-electron chi connectivity index (χ1n) is 6.75. The first-order valence-corrected chi connectivity index (χ1v) is 8.34. The van der Waals surface area contributed by atoms with Crippen molar-refractivity contribution in [1.29, 1.82) is 0 Å². The molecule has 0 radical (unpaired) electrons. The summed E-state index contributed by atoms with van der Waals surface area (Å²) in [5.74, 6) is 2.34. The zero-order valence-electron chi connectivity index (χ0n) is 11.2. The molecule has 3 rings (SSSR count). The summed E-state index contributed by atoms with van der Waals surface area (Å²) in [4.78, 5) is 9.08. The Hall–Kier alpha value is -0.940. The molecule has 1 aromatic carbocycles. The molecule has 3 nitrogen and oxygen atoms in total. The highest BCUT2D eigenvalue weighted by molar-refractivity contribution is 9.10. The summed E-state index contributed by atoms with van der Waals surface area (Å²) in [7, 11) is 0. The normalized spacial score (nSPS) is 14.3. The third-order valence-corrected chi connectivity index (χ3v) is 4.27. The second kappa shape index (κ2) is 5.82. The van der Waals surface area contributed by atoms with E-state index in [9.17, 15) is 0 Å². The number of hydrogen-bond acceptors (Lipinski definition) is 3. The van der Waals surface area contributed by atoms with E-state index in [2.05, 4.69) is 66.2 Å². The Kier molecular flexibility index (Phi) is 4.08. The van der Waals surface area contributed by atoms with Crippen LogP contribution in [0.4, 0.5) is 11.5 Å². The third-order valence-electron chi connectivity index (χ3n) is 3.37. The number of nitrogens with zero attached hydrogens (tertiary/aromatic N) is 2. The van der Waals surface area contributed by atoms with Crippen LogP contribution in [0.15, 0.2) is 33.3 Å². The molecular formula is C15H15Br2N3. The van der Waals surface area contributed by atoms with Gasteiger partial charge in [0.1, 0.15) is 16.2 Å². The number of halogens is 2. The molecule has 1 fully saturated rings. The van der Waals surface area contributed by atoms with Gasteiger partial charge in [-0.2, -0.15) is 0 Å². The van der Waals surface area contributed by atoms with Crippen molar-refractivity contribution in [2.45, 2.75) is 32.1 Å². The number of hydrogen-bond donors (Lipinski definition) is 1. The van der Waals surface area contributed by atoms with E-state index < -0.39 is 0 Å². The number of aromatic nitrogens is 2. The summed E-state index contributed by atoms with van der Waals surface area (Å²) < 4.78 is 1.94. The van der Waals surface area contributed by atoms with Crippen molar-refractivity contribution < 1.29 is 0 Å². The van der Waals surface area contributed by atoms with Gasteiger partial charge in [-0.05, 0) is 59.0 Å². The molecule has 5 heteroatoms. The quantitative estimate of drug-likeness (QED) is 0.723. The maximum atomic E-state index is 4.62. The Bertz CT molecular complexity index is 639. The van der Waals surface area contributed by atoms with E-state index in [-0.39, 0.29) is 0 Å². The fraction of sp³-hybridized carbons (Fsp3) is 0.333. The van der Waals surface area contributed by atoms with Crippen molar-refractivity contribution in [3.05, 3.63) is 44.7 Å². The van der Waals surface area contributed by atoms with Crippen LogP contribution in [0.25, 0.3) is 0 Å². The Labute approximate surface area is 135 Å². The summed E-state index contributed by atoms with van der Waals surface area (Å²) in [6, 6.07) is 8.18. The molecule has 1 saturated carbocycles. The Morgan fingerprint density at radius 2 is 2.00 bits per heavy atom. The smallest absolute Gasteiger partial charge is 0.135 e. The first-order chi connectivity index (χ1) is 9.65. The standard InChI is InChI=1S/C15H15Br2N3/c1-2-9-7-11(16)5-6-12(9)18-14-8-13(17)19-15(20-14)10-3-4-10/h5-8,10H,2-4H2,1H3,(H,18,19,20). The SMILES string of the molecule is CCc1cc(Br)ccc1Nc1cc(Br)nc(C2CC2)n1. The van der Waals surface area contributed by atoms with Crippen molar-refractivity contribution in [1.82, 2.24) is 9.97 Å². The average molecular weight is 397 g/mol. The molecule has 20 heavy (non-hydrogen) atoms. The second-order valence-electron chi connectivity index (χ2n) is 4.99. The Balaban J connectivity index is 1.90. The summed E-state index contributed by atoms with van der Waals surface area (Å²) in [6.07, 6.45) is 3.38. The van der Waals surface area contributed by atoms with E-state index in [0.29, 0.717) is 5.92 Å². The van der Waals surface area contributed by atoms with Gasteiger partial charge in [-0.15, -0.1) is 0 Å². The zero-order valence-corrected chi connectivity index (χ0v) is 14.3. The van der Waals surface area contributed by atoms with Gasteiger partial charge in [-0.25, -0.2) is 9.97 Å². The average Bonchev–Trinajstić information content (AvgIpc) is 3.24. The van der Waals surface area contributed by atoms with Crippen LogP contribution < -0.4 is 5.32 Å². The van der Waals surface area contributed by atoms with Crippen LogP contribution in [0.1, 0.15) is 37.1 Å². The molecule has 0 spiro atoms. The Morgan fingerprint density at radius 1 is 1.20 bits per heavy atom. The van der Waals surface area contributed by atoms with Crippen LogP contribution in [0.2, 0.25) is 0 Å². The van der Waals surface area contributed by atoms with Gasteiger partial charge in [0, 0.05) is 22.1 Å². The van der Waals surface area contributed by atoms with Gasteiger partial charge in [-0.1, -0.05) is 22.9 Å². The topological polar surface area (TPSA) is 37.8 Å². The lowest BCUT2D eigenvalue weighted by molar-refractivity contribution is 0.919. The lowest BCUT2D eigenvalue weighted by Gasteiger charge is -2.12. The molecule has 1 aliphatic rings. The van der Waals surface area contributed by atoms with Gasteiger partial charge in [0.15, 0.2) is 0 Å². The van der Waals surface area contributed by atoms with Crippen LogP contribution in [0.3, 0.4) is 0 Å². The van der Waals surface area contributed by atoms with Crippen LogP contribution in [0.5, 0.6) is 0 Å². The van der Waals surface area contributed by atoms with E-state index in [1.165, 1.54) is 18.4 Å². The molecule has 2 aromatic rings. The van der Waals surface area contributed by atoms with Crippen LogP contribution in [-0.4, -0.2) is 9.97 Å². The molecule has 0 aliphatic heterocycles. The Morgan fingerprint density at radius 3 is 2.70 bits per heavy atom. The van der Waals surface area contributed by atoms with Crippen molar-refractivity contribution in [3.8, 4) is 0 Å². The van der Waals surface area contributed by atoms with Gasteiger partial charge in [0.2, 0.25) is 0 Å². The molecule has 0 saturated heterocycles. The minimum absolute atomic E-state index is 0.545. The number of anilines is 2. The van der Waals surface area contributed by atoms with E-state index in [4.69, 9.17) is 0 Å². The maximum Gasteiger partial charge on any atom is 0.135 e. The molecule has 104 valence electrons. The predicted octanol–water partition coefficient (Wildman–Crippen LogP) is 5.19. The van der Waals surface area contributed by atoms with Gasteiger partial charge in [-0.3, -0.25) is 0 Å². The number of benzene rings is 1. The molecule has 1 aromatic heterocycles. The molecular weight excluding hydrogens is 382 g/mol. The highest BCUT2D eigenvalue weighted by Crippen LogP contribution is 2.39. The molecule has 1 N–H and O–H groups in total. The summed E-state index contributed by atoms with van der Waals surface area (Å²) in [6.45, 7) is 2.15. The highest BCUT2D eigenvalue weighted by atomic mass is 79.9. The highest BCUT2D eigenvalue weighted by Gasteiger charge is 2.27. The van der Waals surface area contributed by atoms with Crippen LogP contribution >= 0.6 is 31.9 Å². The second-order valence-corrected chi connectivity index (χ2v) is 6.72. The van der Waals surface area contributed by atoms with E-state index in [0.717, 1.165) is 32.8 Å². The van der Waals surface area contributed by atoms with E-state index in [1.807, 2.05) is 12.1 Å². The molecule has 0 bridgehead atoms. The third kappa shape index (κ3) is 3.20. The molecule has 1 aliphatic carbocycles. The van der Waals surface area contributed by atoms with E-state index in [1.54, 1.807) is 0 Å². The number of aryl methyl sites for hydroxylation is 1. The number of nitrogens with one attached hydrogen (secondary N) is 1. The van der Waals surface area contributed by atoms with Crippen molar-refractivity contribution in [2.75, 3.05) is 5.32 Å². The minimum Gasteiger partial charge on any atom is -0.340 e. The fourth-order valence-corrected chi connectivity index (χ4v) is 2.95. The molecule has 0 atom stereocenters. The van der Waals surface area contributed by atoms with Crippen LogP contribution in [0, 0.1) is 0 Å². The fourth-order valence-electron chi connectivity index (χ4n) is 2.14. The molecule has 0 unspecified atom stereocenters. The lowest BCUT2D eigenvalue weighted by Crippen LogP contribution is -2.01. The van der Waals surface area contributed by atoms with Crippen LogP contribution in [-0.2, 0) is 6.42 Å². The number of rotatable bonds is 4. The summed E-state index contributed by atoms with van der Waals surface area (Å²) in [5.41, 5.74) is 2.37. The van der Waals surface area contributed by atoms with Crippen molar-refractivity contribution in [2.24, 2.45) is 0 Å². The maximum absolute atomic E-state index is 4.62. The predicted molar refractivity (Wildman–Crippen MR) is 88.5 cm³/mol. The van der Waals surface area contributed by atoms with Gasteiger partial charge in [0.25, 0.3) is 0 Å². The first kappa shape index (κ1) is 14.0. The van der Waals surface area contributed by atoms with E-state index >= 15 is 0 Å². The monoisotopic (exact) mass is 395 g/mol. The van der Waals surface area contributed by atoms with Gasteiger partial charge in [0.05, 0.1) is 0 Å². The van der Waals surface area contributed by atoms with Gasteiger partial charge >= 0.3 is 0 Å². The van der Waals surface area contributed by atoms with Crippen molar-refractivity contribution >= 4 is 43.4 Å². The molecule has 1 heterocycles. The van der Waals surface area contributed by atoms with Gasteiger partial charge < -0.3 is 5.32 Å². The summed E-state index contributed by atoms with van der Waals surface area (Å²) >= 11 is 6.98. The molecule has 0 amide bonds. The van der Waals surface area contributed by atoms with Crippen molar-refractivity contribution in [3.63, 3.8) is 0 Å². The minimum atomic E-state index is 0.545. The lowest BCUT2D eigenvalue weighted by atomic mass is 10.1. The largest absolute Gasteiger partial charge is 0.340 e. The zero-order chi connectivity index (χ0) is 14.1. The summed E-state index contributed by atoms with van der Waals surface area (Å²) in [5, 5.41) is 3.41.